The predicted octanol–water partition coefficient (Wildman–Crippen LogP) is 1.16. The second kappa shape index (κ2) is 8.77. The van der Waals surface area contributed by atoms with Crippen LogP contribution in [0, 0.1) is 0 Å². The third-order valence-electron chi connectivity index (χ3n) is 3.59. The van der Waals surface area contributed by atoms with Crippen LogP contribution in [-0.4, -0.2) is 56.8 Å². The molecule has 0 heterocycles. The first-order valence-corrected chi connectivity index (χ1v) is 9.63. The molecule has 1 N–H and O–H groups in total. The third kappa shape index (κ3) is 6.21. The summed E-state index contributed by atoms with van der Waals surface area (Å²) in [6.45, 7) is 5.74. The molecule has 0 fully saturated rings. The smallest absolute Gasteiger partial charge is 0.333 e. The molecule has 3 atom stereocenters. The molecule has 0 radical (unpaired) electrons. The fourth-order valence-corrected chi connectivity index (χ4v) is 3.11. The highest BCUT2D eigenvalue weighted by atomic mass is 32.2. The largest absolute Gasteiger partial charge is 0.463 e. The third-order valence-corrected chi connectivity index (χ3v) is 4.19. The molecule has 7 nitrogen and oxygen atoms in total. The minimum Gasteiger partial charge on any atom is -0.463 e. The van der Waals surface area contributed by atoms with Crippen molar-refractivity contribution >= 4 is 16.1 Å². The van der Waals surface area contributed by atoms with Gasteiger partial charge in [0.1, 0.15) is 18.3 Å². The normalized spacial score (nSPS) is 25.3. The van der Waals surface area contributed by atoms with Crippen molar-refractivity contribution in [2.24, 2.45) is 0 Å². The highest BCUT2D eigenvalue weighted by Crippen LogP contribution is 2.28. The van der Waals surface area contributed by atoms with E-state index in [2.05, 4.69) is 0 Å². The Balaban J connectivity index is 3.02. The Kier molecular flexibility index (Phi) is 7.66. The quantitative estimate of drug-likeness (QED) is 0.518. The Morgan fingerprint density at radius 1 is 1.35 bits per heavy atom. The fraction of sp³-hybridized carbons (Fsp3) is 0.800. The SMILES string of the molecule is CCOC(=O)C1=CC(O)C(OC(CC)CC)[C@H](OS(C)(=O)=O)C1. The van der Waals surface area contributed by atoms with E-state index in [-0.39, 0.29) is 24.7 Å². The van der Waals surface area contributed by atoms with Crippen molar-refractivity contribution in [3.8, 4) is 0 Å². The van der Waals surface area contributed by atoms with Crippen LogP contribution in [-0.2, 0) is 28.6 Å². The van der Waals surface area contributed by atoms with Gasteiger partial charge in [0.15, 0.2) is 0 Å². The van der Waals surface area contributed by atoms with Crippen molar-refractivity contribution in [1.29, 1.82) is 0 Å². The van der Waals surface area contributed by atoms with Crippen LogP contribution in [0.1, 0.15) is 40.0 Å². The van der Waals surface area contributed by atoms with Crippen molar-refractivity contribution in [3.05, 3.63) is 11.6 Å². The summed E-state index contributed by atoms with van der Waals surface area (Å²) >= 11 is 0. The molecule has 0 aromatic heterocycles. The van der Waals surface area contributed by atoms with Gasteiger partial charge >= 0.3 is 5.97 Å². The van der Waals surface area contributed by atoms with E-state index in [1.54, 1.807) is 6.92 Å². The lowest BCUT2D eigenvalue weighted by Gasteiger charge is -2.35. The maximum Gasteiger partial charge on any atom is 0.333 e. The van der Waals surface area contributed by atoms with E-state index >= 15 is 0 Å². The Labute approximate surface area is 137 Å². The second-order valence-electron chi connectivity index (χ2n) is 5.49. The molecule has 0 amide bonds. The number of rotatable bonds is 8. The number of aliphatic hydroxyl groups excluding tert-OH is 1. The van der Waals surface area contributed by atoms with Crippen LogP contribution < -0.4 is 0 Å². The number of hydrogen-bond acceptors (Lipinski definition) is 7. The first-order chi connectivity index (χ1) is 10.7. The van der Waals surface area contributed by atoms with Gasteiger partial charge in [-0.05, 0) is 25.8 Å². The van der Waals surface area contributed by atoms with E-state index in [9.17, 15) is 18.3 Å². The van der Waals surface area contributed by atoms with E-state index in [0.717, 1.165) is 19.1 Å². The van der Waals surface area contributed by atoms with Gasteiger partial charge in [-0.3, -0.25) is 4.18 Å². The zero-order chi connectivity index (χ0) is 17.6. The van der Waals surface area contributed by atoms with Crippen molar-refractivity contribution in [1.82, 2.24) is 0 Å². The molecule has 0 aliphatic heterocycles. The predicted molar refractivity (Wildman–Crippen MR) is 84.3 cm³/mol. The molecule has 0 saturated heterocycles. The number of hydrogen-bond donors (Lipinski definition) is 1. The van der Waals surface area contributed by atoms with Crippen LogP contribution in [0.25, 0.3) is 0 Å². The Morgan fingerprint density at radius 2 is 1.96 bits per heavy atom. The summed E-state index contributed by atoms with van der Waals surface area (Å²) in [5, 5.41) is 10.3. The van der Waals surface area contributed by atoms with Gasteiger partial charge in [0, 0.05) is 12.0 Å². The monoisotopic (exact) mass is 350 g/mol. The summed E-state index contributed by atoms with van der Waals surface area (Å²) in [6.07, 6.45) is 0.641. The molecule has 23 heavy (non-hydrogen) atoms. The van der Waals surface area contributed by atoms with E-state index in [1.165, 1.54) is 6.08 Å². The Morgan fingerprint density at radius 3 is 2.43 bits per heavy atom. The lowest BCUT2D eigenvalue weighted by Crippen LogP contribution is -2.47. The molecule has 1 aliphatic carbocycles. The number of ether oxygens (including phenoxy) is 2. The molecule has 0 aromatic carbocycles. The summed E-state index contributed by atoms with van der Waals surface area (Å²) in [6, 6.07) is 0. The number of aliphatic hydroxyl groups is 1. The van der Waals surface area contributed by atoms with Crippen LogP contribution in [0.3, 0.4) is 0 Å². The van der Waals surface area contributed by atoms with Gasteiger partial charge in [0.2, 0.25) is 0 Å². The molecule has 0 spiro atoms. The van der Waals surface area contributed by atoms with Crippen LogP contribution >= 0.6 is 0 Å². The summed E-state index contributed by atoms with van der Waals surface area (Å²) in [5.74, 6) is -0.588. The maximum absolute atomic E-state index is 11.8. The molecule has 0 aromatic rings. The highest BCUT2D eigenvalue weighted by molar-refractivity contribution is 7.86. The summed E-state index contributed by atoms with van der Waals surface area (Å²) in [5.41, 5.74) is 0.192. The average molecular weight is 350 g/mol. The first-order valence-electron chi connectivity index (χ1n) is 7.81. The topological polar surface area (TPSA) is 99.1 Å². The minimum atomic E-state index is -3.76. The molecule has 0 saturated carbocycles. The van der Waals surface area contributed by atoms with Crippen LogP contribution in [0.2, 0.25) is 0 Å². The van der Waals surface area contributed by atoms with Crippen molar-refractivity contribution < 1.29 is 32.0 Å². The van der Waals surface area contributed by atoms with E-state index < -0.39 is 34.4 Å². The fourth-order valence-electron chi connectivity index (χ4n) is 2.48. The summed E-state index contributed by atoms with van der Waals surface area (Å²) in [4.78, 5) is 11.8. The van der Waals surface area contributed by atoms with E-state index in [4.69, 9.17) is 13.7 Å². The number of carbonyl (C=O) groups excluding carboxylic acids is 1. The van der Waals surface area contributed by atoms with Gasteiger partial charge in [-0.25, -0.2) is 4.79 Å². The van der Waals surface area contributed by atoms with Crippen LogP contribution in [0.5, 0.6) is 0 Å². The Hall–Kier alpha value is -0.960. The zero-order valence-corrected chi connectivity index (χ0v) is 14.8. The average Bonchev–Trinajstić information content (AvgIpc) is 2.45. The lowest BCUT2D eigenvalue weighted by atomic mass is 9.92. The van der Waals surface area contributed by atoms with E-state index in [1.807, 2.05) is 13.8 Å². The van der Waals surface area contributed by atoms with Gasteiger partial charge in [0.25, 0.3) is 10.1 Å². The second-order valence-corrected chi connectivity index (χ2v) is 7.09. The summed E-state index contributed by atoms with van der Waals surface area (Å²) < 4.78 is 38.7. The molecule has 1 aliphatic rings. The molecule has 0 bridgehead atoms. The van der Waals surface area contributed by atoms with Crippen molar-refractivity contribution in [2.75, 3.05) is 12.9 Å². The molecule has 8 heteroatoms. The van der Waals surface area contributed by atoms with Gasteiger partial charge in [-0.2, -0.15) is 8.42 Å². The molecule has 1 rings (SSSR count). The summed E-state index contributed by atoms with van der Waals surface area (Å²) in [7, 11) is -3.76. The first kappa shape index (κ1) is 20.1. The lowest BCUT2D eigenvalue weighted by molar-refractivity contribution is -0.142. The molecular weight excluding hydrogens is 324 g/mol. The number of esters is 1. The van der Waals surface area contributed by atoms with Crippen molar-refractivity contribution in [3.63, 3.8) is 0 Å². The molecule has 134 valence electrons. The molecule has 2 unspecified atom stereocenters. The highest BCUT2D eigenvalue weighted by Gasteiger charge is 2.39. The maximum atomic E-state index is 11.8. The molecular formula is C15H26O7S. The van der Waals surface area contributed by atoms with Crippen molar-refractivity contribution in [2.45, 2.75) is 64.4 Å². The van der Waals surface area contributed by atoms with E-state index in [0.29, 0.717) is 0 Å². The zero-order valence-electron chi connectivity index (χ0n) is 14.0. The van der Waals surface area contributed by atoms with Gasteiger partial charge in [-0.1, -0.05) is 13.8 Å². The standard InChI is InChI=1S/C15H26O7S/c1-5-11(6-2)21-14-12(16)8-10(15(17)20-7-3)9-13(14)22-23(4,18)19/h8,11-14,16H,5-7,9H2,1-4H3/t12?,13-,14?/m1/s1. The van der Waals surface area contributed by atoms with Gasteiger partial charge < -0.3 is 14.6 Å². The van der Waals surface area contributed by atoms with Crippen LogP contribution in [0.15, 0.2) is 11.6 Å². The minimum absolute atomic E-state index is 0.00772. The van der Waals surface area contributed by atoms with Gasteiger partial charge in [-0.15, -0.1) is 0 Å². The van der Waals surface area contributed by atoms with Crippen LogP contribution in [0.4, 0.5) is 0 Å². The number of carbonyl (C=O) groups is 1. The van der Waals surface area contributed by atoms with Gasteiger partial charge in [0.05, 0.1) is 19.0 Å². The Bertz CT molecular complexity index is 522.